The molecule has 3 heteroatoms. The predicted molar refractivity (Wildman–Crippen MR) is 51.9 cm³/mol. The van der Waals surface area contributed by atoms with Gasteiger partial charge < -0.3 is 5.11 Å². The molecule has 0 amide bonds. The Bertz CT molecular complexity index is 285. The lowest BCUT2D eigenvalue weighted by Gasteiger charge is -2.05. The van der Waals surface area contributed by atoms with Gasteiger partial charge in [0.25, 0.3) is 0 Å². The Kier molecular flexibility index (Phi) is 4.11. The van der Waals surface area contributed by atoms with Crippen molar-refractivity contribution < 1.29 is 14.3 Å². The molecule has 0 aliphatic rings. The van der Waals surface area contributed by atoms with E-state index in [2.05, 4.69) is 0 Å². The molecule has 0 aliphatic carbocycles. The molecular formula is C11H13FO2. The van der Waals surface area contributed by atoms with Gasteiger partial charge in [0.2, 0.25) is 0 Å². The zero-order valence-corrected chi connectivity index (χ0v) is 7.82. The number of rotatable bonds is 5. The first-order valence-electron chi connectivity index (χ1n) is 4.58. The first kappa shape index (κ1) is 10.7. The molecule has 1 N–H and O–H groups in total. The highest BCUT2D eigenvalue weighted by Crippen LogP contribution is 2.10. The summed E-state index contributed by atoms with van der Waals surface area (Å²) in [6.45, 7) is 0. The largest absolute Gasteiger partial charge is 0.481 e. The van der Waals surface area contributed by atoms with Crippen LogP contribution in [0.4, 0.5) is 4.39 Å². The van der Waals surface area contributed by atoms with Crippen LogP contribution in [0.15, 0.2) is 30.3 Å². The van der Waals surface area contributed by atoms with Crippen molar-refractivity contribution in [3.8, 4) is 0 Å². The standard InChI is InChI=1S/C11H13FO2/c12-10(6-7-11(13)14)8-9-4-2-1-3-5-9/h1-5,10H,6-8H2,(H,13,14). The number of hydrogen-bond acceptors (Lipinski definition) is 1. The summed E-state index contributed by atoms with van der Waals surface area (Å²) < 4.78 is 13.2. The Morgan fingerprint density at radius 1 is 1.36 bits per heavy atom. The minimum Gasteiger partial charge on any atom is -0.481 e. The lowest BCUT2D eigenvalue weighted by Crippen LogP contribution is -2.07. The van der Waals surface area contributed by atoms with E-state index in [0.29, 0.717) is 6.42 Å². The van der Waals surface area contributed by atoms with Crippen molar-refractivity contribution in [3.05, 3.63) is 35.9 Å². The number of benzene rings is 1. The van der Waals surface area contributed by atoms with Gasteiger partial charge in [0.1, 0.15) is 6.17 Å². The summed E-state index contributed by atoms with van der Waals surface area (Å²) in [6, 6.07) is 9.24. The van der Waals surface area contributed by atoms with Crippen LogP contribution < -0.4 is 0 Å². The van der Waals surface area contributed by atoms with Crippen molar-refractivity contribution in [3.63, 3.8) is 0 Å². The quantitative estimate of drug-likeness (QED) is 0.785. The number of carboxylic acid groups (broad SMARTS) is 1. The molecule has 0 saturated heterocycles. The first-order chi connectivity index (χ1) is 6.68. The minimum absolute atomic E-state index is 0.0875. The van der Waals surface area contributed by atoms with E-state index in [-0.39, 0.29) is 12.8 Å². The van der Waals surface area contributed by atoms with Crippen LogP contribution in [-0.2, 0) is 11.2 Å². The zero-order valence-electron chi connectivity index (χ0n) is 7.82. The Hall–Kier alpha value is -1.38. The van der Waals surface area contributed by atoms with Gasteiger partial charge in [-0.25, -0.2) is 4.39 Å². The topological polar surface area (TPSA) is 37.3 Å². The molecule has 0 bridgehead atoms. The maximum atomic E-state index is 13.2. The fraction of sp³-hybridized carbons (Fsp3) is 0.364. The van der Waals surface area contributed by atoms with Crippen molar-refractivity contribution in [1.82, 2.24) is 0 Å². The van der Waals surface area contributed by atoms with Crippen LogP contribution in [0.1, 0.15) is 18.4 Å². The molecule has 1 unspecified atom stereocenters. The smallest absolute Gasteiger partial charge is 0.303 e. The van der Waals surface area contributed by atoms with E-state index < -0.39 is 12.1 Å². The second-order valence-corrected chi connectivity index (χ2v) is 3.22. The molecule has 1 aromatic rings. The zero-order chi connectivity index (χ0) is 10.4. The van der Waals surface area contributed by atoms with Crippen molar-refractivity contribution in [2.24, 2.45) is 0 Å². The van der Waals surface area contributed by atoms with Gasteiger partial charge in [-0.15, -0.1) is 0 Å². The van der Waals surface area contributed by atoms with Crippen molar-refractivity contribution in [2.75, 3.05) is 0 Å². The van der Waals surface area contributed by atoms with Gasteiger partial charge in [-0.3, -0.25) is 4.79 Å². The second kappa shape index (κ2) is 5.37. The van der Waals surface area contributed by atoms with E-state index in [1.807, 2.05) is 30.3 Å². The van der Waals surface area contributed by atoms with E-state index in [4.69, 9.17) is 5.11 Å². The molecule has 0 aromatic heterocycles. The third-order valence-corrected chi connectivity index (χ3v) is 1.97. The van der Waals surface area contributed by atoms with Crippen LogP contribution >= 0.6 is 0 Å². The van der Waals surface area contributed by atoms with Crippen LogP contribution in [0.2, 0.25) is 0 Å². The van der Waals surface area contributed by atoms with Gasteiger partial charge in [0, 0.05) is 12.8 Å². The highest BCUT2D eigenvalue weighted by atomic mass is 19.1. The molecule has 1 aromatic carbocycles. The van der Waals surface area contributed by atoms with Crippen molar-refractivity contribution >= 4 is 5.97 Å². The fourth-order valence-corrected chi connectivity index (χ4v) is 1.25. The van der Waals surface area contributed by atoms with Gasteiger partial charge in [0.15, 0.2) is 0 Å². The molecule has 0 fully saturated rings. The Morgan fingerprint density at radius 3 is 2.57 bits per heavy atom. The first-order valence-corrected chi connectivity index (χ1v) is 4.58. The summed E-state index contributed by atoms with van der Waals surface area (Å²) in [5, 5.41) is 8.36. The molecule has 76 valence electrons. The predicted octanol–water partition coefficient (Wildman–Crippen LogP) is 2.43. The third kappa shape index (κ3) is 4.03. The number of aliphatic carboxylic acids is 1. The average molecular weight is 196 g/mol. The molecule has 14 heavy (non-hydrogen) atoms. The van der Waals surface area contributed by atoms with E-state index in [0.717, 1.165) is 5.56 Å². The van der Waals surface area contributed by atoms with Crippen molar-refractivity contribution in [2.45, 2.75) is 25.4 Å². The van der Waals surface area contributed by atoms with Gasteiger partial charge in [-0.1, -0.05) is 30.3 Å². The maximum Gasteiger partial charge on any atom is 0.303 e. The second-order valence-electron chi connectivity index (χ2n) is 3.22. The van der Waals surface area contributed by atoms with Crippen molar-refractivity contribution in [1.29, 1.82) is 0 Å². The molecule has 0 spiro atoms. The van der Waals surface area contributed by atoms with Gasteiger partial charge in [-0.2, -0.15) is 0 Å². The third-order valence-electron chi connectivity index (χ3n) is 1.97. The molecule has 0 saturated carbocycles. The molecular weight excluding hydrogens is 183 g/mol. The lowest BCUT2D eigenvalue weighted by atomic mass is 10.1. The number of hydrogen-bond donors (Lipinski definition) is 1. The highest BCUT2D eigenvalue weighted by Gasteiger charge is 2.09. The van der Waals surface area contributed by atoms with Crippen LogP contribution in [-0.4, -0.2) is 17.2 Å². The lowest BCUT2D eigenvalue weighted by molar-refractivity contribution is -0.137. The molecule has 0 aliphatic heterocycles. The molecule has 1 atom stereocenters. The maximum absolute atomic E-state index is 13.2. The van der Waals surface area contributed by atoms with Crippen LogP contribution in [0.3, 0.4) is 0 Å². The number of halogens is 1. The number of carbonyl (C=O) groups is 1. The summed E-state index contributed by atoms with van der Waals surface area (Å²) in [5.41, 5.74) is 0.908. The summed E-state index contributed by atoms with van der Waals surface area (Å²) in [6.07, 6.45) is -0.777. The van der Waals surface area contributed by atoms with E-state index in [1.54, 1.807) is 0 Å². The molecule has 0 heterocycles. The van der Waals surface area contributed by atoms with E-state index >= 15 is 0 Å². The molecule has 0 radical (unpaired) electrons. The van der Waals surface area contributed by atoms with Crippen LogP contribution in [0.25, 0.3) is 0 Å². The van der Waals surface area contributed by atoms with E-state index in [9.17, 15) is 9.18 Å². The SMILES string of the molecule is O=C(O)CCC(F)Cc1ccccc1. The van der Waals surface area contributed by atoms with Gasteiger partial charge >= 0.3 is 5.97 Å². The number of carboxylic acids is 1. The normalized spacial score (nSPS) is 12.4. The highest BCUT2D eigenvalue weighted by molar-refractivity contribution is 5.66. The summed E-state index contributed by atoms with van der Waals surface area (Å²) in [5.74, 6) is -0.944. The van der Waals surface area contributed by atoms with Crippen LogP contribution in [0, 0.1) is 0 Å². The van der Waals surface area contributed by atoms with Gasteiger partial charge in [0.05, 0.1) is 0 Å². The molecule has 1 rings (SSSR count). The minimum atomic E-state index is -1.06. The average Bonchev–Trinajstić information content (AvgIpc) is 2.16. The Balaban J connectivity index is 2.34. The van der Waals surface area contributed by atoms with Crippen LogP contribution in [0.5, 0.6) is 0 Å². The number of alkyl halides is 1. The summed E-state index contributed by atoms with van der Waals surface area (Å²) in [7, 11) is 0. The fourth-order valence-electron chi connectivity index (χ4n) is 1.25. The van der Waals surface area contributed by atoms with Gasteiger partial charge in [-0.05, 0) is 12.0 Å². The summed E-state index contributed by atoms with van der Waals surface area (Å²) >= 11 is 0. The summed E-state index contributed by atoms with van der Waals surface area (Å²) in [4.78, 5) is 10.2. The Labute approximate surface area is 82.4 Å². The Morgan fingerprint density at radius 2 is 2.00 bits per heavy atom. The monoisotopic (exact) mass is 196 g/mol. The molecule has 2 nitrogen and oxygen atoms in total. The van der Waals surface area contributed by atoms with E-state index in [1.165, 1.54) is 0 Å².